The zero-order valence-electron chi connectivity index (χ0n) is 20.2. The molecule has 186 valence electrons. The van der Waals surface area contributed by atoms with Gasteiger partial charge in [-0.3, -0.25) is 4.90 Å². The van der Waals surface area contributed by atoms with Crippen molar-refractivity contribution in [1.29, 1.82) is 0 Å². The zero-order valence-corrected chi connectivity index (χ0v) is 20.2. The fraction of sp³-hybridized carbons (Fsp3) is 0.407. The monoisotopic (exact) mass is 491 g/mol. The molecule has 3 heterocycles. The number of fused-ring (bicyclic) bond motifs is 5. The summed E-state index contributed by atoms with van der Waals surface area (Å²) in [7, 11) is 0. The molecule has 2 amide bonds. The minimum absolute atomic E-state index is 0.0834. The number of benzene rings is 1. The van der Waals surface area contributed by atoms with Crippen molar-refractivity contribution < 1.29 is 18.7 Å². The minimum Gasteiger partial charge on any atom is -0.395 e. The number of hydrogen-bond donors (Lipinski definition) is 1. The summed E-state index contributed by atoms with van der Waals surface area (Å²) in [6.07, 6.45) is 1.71. The molecular formula is C27H27F2N5O2. The second-order valence-corrected chi connectivity index (χ2v) is 10.4. The summed E-state index contributed by atoms with van der Waals surface area (Å²) in [5.41, 5.74) is 1.80. The van der Waals surface area contributed by atoms with Crippen molar-refractivity contribution in [3.63, 3.8) is 0 Å². The van der Waals surface area contributed by atoms with Crippen molar-refractivity contribution in [3.05, 3.63) is 71.1 Å². The number of nitrogens with zero attached hydrogens (tertiary/aromatic N) is 5. The topological polar surface area (TPSA) is 82.5 Å². The van der Waals surface area contributed by atoms with Crippen LogP contribution in [-0.2, 0) is 5.41 Å². The first-order valence-corrected chi connectivity index (χ1v) is 12.3. The van der Waals surface area contributed by atoms with Crippen molar-refractivity contribution in [3.8, 4) is 11.3 Å². The number of hydrogen-bond acceptors (Lipinski definition) is 5. The molecule has 2 fully saturated rings. The third-order valence-electron chi connectivity index (χ3n) is 8.51. The number of aliphatic hydroxyl groups excluding tert-OH is 1. The maximum atomic E-state index is 14.5. The Morgan fingerprint density at radius 3 is 2.58 bits per heavy atom. The molecule has 7 nitrogen and oxygen atoms in total. The van der Waals surface area contributed by atoms with Crippen LogP contribution in [0.5, 0.6) is 0 Å². The van der Waals surface area contributed by atoms with Gasteiger partial charge in [-0.25, -0.2) is 18.6 Å². The fourth-order valence-corrected chi connectivity index (χ4v) is 6.69. The van der Waals surface area contributed by atoms with Gasteiger partial charge in [0.1, 0.15) is 17.5 Å². The smallest absolute Gasteiger partial charge is 0.325 e. The molecule has 1 saturated heterocycles. The molecule has 0 radical (unpaired) electrons. The van der Waals surface area contributed by atoms with Crippen LogP contribution in [-0.4, -0.2) is 57.5 Å². The lowest BCUT2D eigenvalue weighted by Crippen LogP contribution is -2.39. The van der Waals surface area contributed by atoms with E-state index in [0.29, 0.717) is 25.5 Å². The predicted octanol–water partition coefficient (Wildman–Crippen LogP) is 4.25. The molecule has 1 aromatic carbocycles. The van der Waals surface area contributed by atoms with E-state index in [9.17, 15) is 18.7 Å². The van der Waals surface area contributed by atoms with E-state index in [4.69, 9.17) is 4.98 Å². The summed E-state index contributed by atoms with van der Waals surface area (Å²) in [5.74, 6) is -0.629. The van der Waals surface area contributed by atoms with Crippen LogP contribution in [0.15, 0.2) is 42.5 Å². The van der Waals surface area contributed by atoms with E-state index in [-0.39, 0.29) is 35.2 Å². The van der Waals surface area contributed by atoms with Gasteiger partial charge in [0, 0.05) is 19.6 Å². The Hall–Kier alpha value is -3.46. The van der Waals surface area contributed by atoms with Crippen LogP contribution in [0.4, 0.5) is 19.4 Å². The van der Waals surface area contributed by atoms with E-state index in [2.05, 4.69) is 24.0 Å². The fourth-order valence-electron chi connectivity index (χ4n) is 6.69. The van der Waals surface area contributed by atoms with Crippen molar-refractivity contribution in [2.45, 2.75) is 38.0 Å². The number of carbonyl (C=O) groups excluding carboxylic acids is 1. The highest BCUT2D eigenvalue weighted by Gasteiger charge is 2.65. The molecule has 9 heteroatoms. The highest BCUT2D eigenvalue weighted by molar-refractivity contribution is 5.93. The van der Waals surface area contributed by atoms with Crippen LogP contribution in [0.2, 0.25) is 0 Å². The molecule has 0 unspecified atom stereocenters. The Kier molecular flexibility index (Phi) is 5.12. The van der Waals surface area contributed by atoms with E-state index in [1.54, 1.807) is 15.9 Å². The number of β-amino-alcohol motifs (C(OH)–C–C–N with tert-alkyl or cyclic N) is 1. The van der Waals surface area contributed by atoms with Crippen molar-refractivity contribution >= 4 is 11.8 Å². The summed E-state index contributed by atoms with van der Waals surface area (Å²) < 4.78 is 29.0. The van der Waals surface area contributed by atoms with Crippen molar-refractivity contribution in [2.75, 3.05) is 31.1 Å². The summed E-state index contributed by atoms with van der Waals surface area (Å²) in [5, 5.41) is 18.1. The minimum atomic E-state index is -0.665. The predicted molar refractivity (Wildman–Crippen MR) is 130 cm³/mol. The average molecular weight is 492 g/mol. The van der Waals surface area contributed by atoms with Crippen LogP contribution in [0.25, 0.3) is 11.3 Å². The maximum absolute atomic E-state index is 14.5. The van der Waals surface area contributed by atoms with Crippen LogP contribution in [0.3, 0.4) is 0 Å². The molecular weight excluding hydrogens is 464 g/mol. The third kappa shape index (κ3) is 2.98. The number of aromatic nitrogens is 3. The van der Waals surface area contributed by atoms with Gasteiger partial charge in [-0.05, 0) is 60.1 Å². The molecule has 1 N–H and O–H groups in total. The number of halogens is 2. The molecule has 1 saturated carbocycles. The Balaban J connectivity index is 1.44. The number of aliphatic hydroxyl groups is 1. The van der Waals surface area contributed by atoms with E-state index < -0.39 is 17.0 Å². The van der Waals surface area contributed by atoms with Crippen molar-refractivity contribution in [2.24, 2.45) is 5.41 Å². The highest BCUT2D eigenvalue weighted by atomic mass is 19.1. The van der Waals surface area contributed by atoms with Crippen molar-refractivity contribution in [1.82, 2.24) is 20.1 Å². The van der Waals surface area contributed by atoms with E-state index in [1.807, 2.05) is 18.2 Å². The van der Waals surface area contributed by atoms with Gasteiger partial charge >= 0.3 is 6.03 Å². The second kappa shape index (κ2) is 8.03. The number of amides is 2. The van der Waals surface area contributed by atoms with Crippen LogP contribution in [0.1, 0.15) is 49.6 Å². The van der Waals surface area contributed by atoms with Gasteiger partial charge < -0.3 is 10.0 Å². The summed E-state index contributed by atoms with van der Waals surface area (Å²) in [6, 6.07) is 11.1. The molecule has 36 heavy (non-hydrogen) atoms. The second-order valence-electron chi connectivity index (χ2n) is 10.4. The van der Waals surface area contributed by atoms with Crippen LogP contribution >= 0.6 is 0 Å². The standard InChI is InChI=1S/C27H27F2N5O2/c1-26(2)17-9-10-27(26,21-7-4-8-22(30-21)34-12-11-33(13-14-35)25(34)36)24-16(17)15-20(31-32-24)23-18(28)5-3-6-19(23)29/h3-8,15,17,35H,9-14H2,1-2H3/t17-,27-/m0/s1. The first kappa shape index (κ1) is 23.0. The lowest BCUT2D eigenvalue weighted by Gasteiger charge is -2.37. The van der Waals surface area contributed by atoms with Gasteiger partial charge in [0.15, 0.2) is 0 Å². The quantitative estimate of drug-likeness (QED) is 0.577. The average Bonchev–Trinajstić information content (AvgIpc) is 3.42. The summed E-state index contributed by atoms with van der Waals surface area (Å²) in [4.78, 5) is 21.1. The number of rotatable bonds is 5. The summed E-state index contributed by atoms with van der Waals surface area (Å²) >= 11 is 0. The largest absolute Gasteiger partial charge is 0.395 e. The highest BCUT2D eigenvalue weighted by Crippen LogP contribution is 2.69. The molecule has 2 aliphatic carbocycles. The third-order valence-corrected chi connectivity index (χ3v) is 8.51. The lowest BCUT2D eigenvalue weighted by atomic mass is 9.66. The molecule has 3 aromatic rings. The number of carbonyl (C=O) groups is 1. The van der Waals surface area contributed by atoms with Gasteiger partial charge in [0.05, 0.1) is 34.7 Å². The van der Waals surface area contributed by atoms with E-state index in [0.717, 1.165) is 29.8 Å². The Morgan fingerprint density at radius 1 is 1.08 bits per heavy atom. The lowest BCUT2D eigenvalue weighted by molar-refractivity contribution is 0.199. The van der Waals surface area contributed by atoms with E-state index in [1.165, 1.54) is 18.2 Å². The van der Waals surface area contributed by atoms with Crippen LogP contribution in [0, 0.1) is 17.0 Å². The first-order valence-electron chi connectivity index (χ1n) is 12.3. The van der Waals surface area contributed by atoms with Gasteiger partial charge in [-0.15, -0.1) is 5.10 Å². The van der Waals surface area contributed by atoms with Gasteiger partial charge in [-0.1, -0.05) is 26.0 Å². The molecule has 6 rings (SSSR count). The normalized spacial score (nSPS) is 24.0. The molecule has 2 atom stereocenters. The van der Waals surface area contributed by atoms with E-state index >= 15 is 0 Å². The molecule has 3 aliphatic rings. The number of urea groups is 1. The molecule has 2 bridgehead atoms. The Labute approximate surface area is 207 Å². The first-order chi connectivity index (χ1) is 17.3. The number of pyridine rings is 1. The zero-order chi connectivity index (χ0) is 25.2. The van der Waals surface area contributed by atoms with Gasteiger partial charge in [-0.2, -0.15) is 5.10 Å². The number of anilines is 1. The van der Waals surface area contributed by atoms with Gasteiger partial charge in [0.25, 0.3) is 0 Å². The Morgan fingerprint density at radius 2 is 1.83 bits per heavy atom. The van der Waals surface area contributed by atoms with Crippen LogP contribution < -0.4 is 4.90 Å². The molecule has 2 aromatic heterocycles. The molecule has 0 spiro atoms. The molecule has 1 aliphatic heterocycles. The maximum Gasteiger partial charge on any atom is 0.325 e. The summed E-state index contributed by atoms with van der Waals surface area (Å²) in [6.45, 7) is 5.62. The Bertz CT molecular complexity index is 1360. The SMILES string of the molecule is CC1(C)[C@H]2CC[C@]1(c1cccc(N3CCN(CCO)C3=O)n1)c1nnc(-c3c(F)cccc3F)cc12. The van der Waals surface area contributed by atoms with Gasteiger partial charge in [0.2, 0.25) is 0 Å².